The summed E-state index contributed by atoms with van der Waals surface area (Å²) in [5.41, 5.74) is 1.51. The van der Waals surface area contributed by atoms with E-state index in [0.29, 0.717) is 22.8 Å². The number of para-hydroxylation sites is 1. The molecule has 4 nitrogen and oxygen atoms in total. The van der Waals surface area contributed by atoms with Gasteiger partial charge in [0, 0.05) is 0 Å². The molecular formula is C20H18O4. The Hall–Kier alpha value is -3.14. The molecule has 3 rings (SSSR count). The average molecular weight is 322 g/mol. The standard InChI is InChI=1S/C20H18O4/c1-22-18-12-11-17(21)20(23-2)19(18)14-7-6-10-16(13-14)24-15-8-4-3-5-9-15/h3-13,21H,1-2H3. The van der Waals surface area contributed by atoms with Crippen LogP contribution in [0.1, 0.15) is 0 Å². The highest BCUT2D eigenvalue weighted by atomic mass is 16.5. The molecule has 3 aromatic carbocycles. The first-order valence-corrected chi connectivity index (χ1v) is 7.50. The summed E-state index contributed by atoms with van der Waals surface area (Å²) in [5, 5.41) is 10.1. The molecule has 0 atom stereocenters. The largest absolute Gasteiger partial charge is 0.504 e. The van der Waals surface area contributed by atoms with E-state index < -0.39 is 0 Å². The Morgan fingerprint density at radius 3 is 2.21 bits per heavy atom. The second-order valence-electron chi connectivity index (χ2n) is 5.14. The Kier molecular flexibility index (Phi) is 4.57. The maximum Gasteiger partial charge on any atom is 0.172 e. The van der Waals surface area contributed by atoms with Crippen LogP contribution in [0.5, 0.6) is 28.7 Å². The molecule has 0 aromatic heterocycles. The topological polar surface area (TPSA) is 47.9 Å². The van der Waals surface area contributed by atoms with Crippen molar-refractivity contribution in [3.63, 3.8) is 0 Å². The van der Waals surface area contributed by atoms with E-state index in [4.69, 9.17) is 14.2 Å². The Bertz CT molecular complexity index is 828. The Morgan fingerprint density at radius 2 is 1.50 bits per heavy atom. The summed E-state index contributed by atoms with van der Waals surface area (Å²) in [6.45, 7) is 0. The van der Waals surface area contributed by atoms with E-state index >= 15 is 0 Å². The highest BCUT2D eigenvalue weighted by Crippen LogP contribution is 2.44. The number of hydrogen-bond donors (Lipinski definition) is 1. The van der Waals surface area contributed by atoms with Crippen molar-refractivity contribution in [2.24, 2.45) is 0 Å². The van der Waals surface area contributed by atoms with Crippen LogP contribution in [0.15, 0.2) is 66.7 Å². The molecule has 0 amide bonds. The second kappa shape index (κ2) is 6.96. The summed E-state index contributed by atoms with van der Waals surface area (Å²) in [7, 11) is 3.10. The van der Waals surface area contributed by atoms with Gasteiger partial charge >= 0.3 is 0 Å². The van der Waals surface area contributed by atoms with Gasteiger partial charge in [0.2, 0.25) is 0 Å². The van der Waals surface area contributed by atoms with Gasteiger partial charge in [0.1, 0.15) is 17.2 Å². The molecule has 3 aromatic rings. The zero-order valence-electron chi connectivity index (χ0n) is 13.5. The number of methoxy groups -OCH3 is 2. The molecule has 0 unspecified atom stereocenters. The van der Waals surface area contributed by atoms with E-state index in [1.807, 2.05) is 54.6 Å². The Labute approximate surface area is 140 Å². The molecule has 1 N–H and O–H groups in total. The van der Waals surface area contributed by atoms with E-state index in [9.17, 15) is 5.11 Å². The van der Waals surface area contributed by atoms with Crippen molar-refractivity contribution >= 4 is 0 Å². The third-order valence-corrected chi connectivity index (χ3v) is 3.62. The second-order valence-corrected chi connectivity index (χ2v) is 5.14. The van der Waals surface area contributed by atoms with Crippen molar-refractivity contribution in [2.45, 2.75) is 0 Å². The van der Waals surface area contributed by atoms with Gasteiger partial charge in [0.15, 0.2) is 11.5 Å². The minimum atomic E-state index is 0.0580. The molecule has 0 fully saturated rings. The van der Waals surface area contributed by atoms with Crippen LogP contribution in [0.4, 0.5) is 0 Å². The molecule has 4 heteroatoms. The van der Waals surface area contributed by atoms with Gasteiger partial charge in [0.05, 0.1) is 19.8 Å². The van der Waals surface area contributed by atoms with E-state index in [1.165, 1.54) is 7.11 Å². The first-order chi connectivity index (χ1) is 11.7. The van der Waals surface area contributed by atoms with Crippen molar-refractivity contribution in [3.05, 3.63) is 66.7 Å². The van der Waals surface area contributed by atoms with Gasteiger partial charge < -0.3 is 19.3 Å². The first kappa shape index (κ1) is 15.7. The van der Waals surface area contributed by atoms with Gasteiger partial charge in [-0.1, -0.05) is 30.3 Å². The molecule has 0 aliphatic heterocycles. The maximum atomic E-state index is 10.1. The minimum absolute atomic E-state index is 0.0580. The van der Waals surface area contributed by atoms with Crippen LogP contribution in [0, 0.1) is 0 Å². The summed E-state index contributed by atoms with van der Waals surface area (Å²) < 4.78 is 16.7. The summed E-state index contributed by atoms with van der Waals surface area (Å²) >= 11 is 0. The fraction of sp³-hybridized carbons (Fsp3) is 0.100. The van der Waals surface area contributed by atoms with Crippen LogP contribution in [0.2, 0.25) is 0 Å². The molecule has 0 bridgehead atoms. The van der Waals surface area contributed by atoms with Crippen LogP contribution >= 0.6 is 0 Å². The highest BCUT2D eigenvalue weighted by molar-refractivity contribution is 5.80. The van der Waals surface area contributed by atoms with E-state index in [2.05, 4.69) is 0 Å². The molecule has 0 aliphatic carbocycles. The van der Waals surface area contributed by atoms with Crippen molar-refractivity contribution in [1.29, 1.82) is 0 Å². The number of aromatic hydroxyl groups is 1. The lowest BCUT2D eigenvalue weighted by Gasteiger charge is -2.15. The molecule has 0 heterocycles. The zero-order chi connectivity index (χ0) is 16.9. The number of hydrogen-bond acceptors (Lipinski definition) is 4. The van der Waals surface area contributed by atoms with Gasteiger partial charge in [-0.05, 0) is 42.0 Å². The molecular weight excluding hydrogens is 304 g/mol. The van der Waals surface area contributed by atoms with Crippen LogP contribution in [0.25, 0.3) is 11.1 Å². The molecule has 122 valence electrons. The Morgan fingerprint density at radius 1 is 0.750 bits per heavy atom. The predicted octanol–water partition coefficient (Wildman–Crippen LogP) is 4.87. The van der Waals surface area contributed by atoms with Gasteiger partial charge in [-0.15, -0.1) is 0 Å². The number of benzene rings is 3. The number of phenolic OH excluding ortho intramolecular Hbond substituents is 1. The zero-order valence-corrected chi connectivity index (χ0v) is 13.5. The molecule has 0 aliphatic rings. The molecule has 0 spiro atoms. The fourth-order valence-electron chi connectivity index (χ4n) is 2.54. The Balaban J connectivity index is 2.05. The smallest absolute Gasteiger partial charge is 0.172 e. The quantitative estimate of drug-likeness (QED) is 0.728. The van der Waals surface area contributed by atoms with Gasteiger partial charge in [0.25, 0.3) is 0 Å². The monoisotopic (exact) mass is 322 g/mol. The fourth-order valence-corrected chi connectivity index (χ4v) is 2.54. The number of rotatable bonds is 5. The lowest BCUT2D eigenvalue weighted by Crippen LogP contribution is -1.94. The van der Waals surface area contributed by atoms with Gasteiger partial charge in [-0.3, -0.25) is 0 Å². The normalized spacial score (nSPS) is 10.2. The lowest BCUT2D eigenvalue weighted by atomic mass is 10.0. The number of ether oxygens (including phenoxy) is 3. The van der Waals surface area contributed by atoms with Gasteiger partial charge in [-0.2, -0.15) is 0 Å². The molecule has 24 heavy (non-hydrogen) atoms. The van der Waals surface area contributed by atoms with E-state index in [1.54, 1.807) is 19.2 Å². The summed E-state index contributed by atoms with van der Waals surface area (Å²) in [6.07, 6.45) is 0. The van der Waals surface area contributed by atoms with Crippen LogP contribution < -0.4 is 14.2 Å². The molecule has 0 radical (unpaired) electrons. The van der Waals surface area contributed by atoms with Crippen molar-refractivity contribution in [1.82, 2.24) is 0 Å². The molecule has 0 saturated heterocycles. The lowest BCUT2D eigenvalue weighted by molar-refractivity contribution is 0.366. The van der Waals surface area contributed by atoms with Crippen LogP contribution in [-0.2, 0) is 0 Å². The average Bonchev–Trinajstić information content (AvgIpc) is 2.62. The summed E-state index contributed by atoms with van der Waals surface area (Å²) in [6, 6.07) is 20.4. The maximum absolute atomic E-state index is 10.1. The predicted molar refractivity (Wildman–Crippen MR) is 93.2 cm³/mol. The van der Waals surface area contributed by atoms with Crippen LogP contribution in [-0.4, -0.2) is 19.3 Å². The third kappa shape index (κ3) is 3.13. The number of phenols is 1. The van der Waals surface area contributed by atoms with E-state index in [-0.39, 0.29) is 5.75 Å². The van der Waals surface area contributed by atoms with Gasteiger partial charge in [-0.25, -0.2) is 0 Å². The highest BCUT2D eigenvalue weighted by Gasteiger charge is 2.17. The summed E-state index contributed by atoms with van der Waals surface area (Å²) in [4.78, 5) is 0. The minimum Gasteiger partial charge on any atom is -0.504 e. The van der Waals surface area contributed by atoms with Crippen molar-refractivity contribution < 1.29 is 19.3 Å². The van der Waals surface area contributed by atoms with Crippen molar-refractivity contribution in [3.8, 4) is 39.9 Å². The van der Waals surface area contributed by atoms with Crippen molar-refractivity contribution in [2.75, 3.05) is 14.2 Å². The van der Waals surface area contributed by atoms with Crippen LogP contribution in [0.3, 0.4) is 0 Å². The SMILES string of the molecule is COc1ccc(O)c(OC)c1-c1cccc(Oc2ccccc2)c1. The third-order valence-electron chi connectivity index (χ3n) is 3.62. The van der Waals surface area contributed by atoms with E-state index in [0.717, 1.165) is 11.3 Å². The first-order valence-electron chi connectivity index (χ1n) is 7.50. The summed E-state index contributed by atoms with van der Waals surface area (Å²) in [5.74, 6) is 2.48. The molecule has 0 saturated carbocycles.